The van der Waals surface area contributed by atoms with E-state index in [9.17, 15) is 5.11 Å². The number of aliphatic hydroxyl groups is 1. The van der Waals surface area contributed by atoms with E-state index < -0.39 is 5.60 Å². The molecule has 7 nitrogen and oxygen atoms in total. The second-order valence-electron chi connectivity index (χ2n) is 7.29. The minimum absolute atomic E-state index is 0.366. The Labute approximate surface area is 152 Å². The number of aryl methyl sites for hydroxylation is 1. The third kappa shape index (κ3) is 3.51. The lowest BCUT2D eigenvalue weighted by Crippen LogP contribution is -2.48. The van der Waals surface area contributed by atoms with Crippen LogP contribution in [0.4, 0.5) is 0 Å². The third-order valence-electron chi connectivity index (χ3n) is 5.56. The molecule has 0 unspecified atom stereocenters. The van der Waals surface area contributed by atoms with Crippen LogP contribution in [0.3, 0.4) is 0 Å². The first-order valence-electron chi connectivity index (χ1n) is 9.27. The summed E-state index contributed by atoms with van der Waals surface area (Å²) >= 11 is 0. The minimum atomic E-state index is -0.647. The molecule has 0 spiro atoms. The van der Waals surface area contributed by atoms with Crippen LogP contribution in [0, 0.1) is 0 Å². The number of aromatic amines is 1. The van der Waals surface area contributed by atoms with Gasteiger partial charge >= 0.3 is 0 Å². The average Bonchev–Trinajstić information content (AvgIpc) is 3.33. The van der Waals surface area contributed by atoms with E-state index in [0.29, 0.717) is 6.54 Å². The first kappa shape index (κ1) is 17.2. The topological polar surface area (TPSA) is 96.0 Å². The summed E-state index contributed by atoms with van der Waals surface area (Å²) in [7, 11) is 0. The van der Waals surface area contributed by atoms with Crippen LogP contribution < -0.4 is 5.73 Å². The first-order chi connectivity index (χ1) is 12.7. The number of nitrogens with two attached hydrogens (primary N) is 1. The maximum atomic E-state index is 10.2. The van der Waals surface area contributed by atoms with E-state index >= 15 is 0 Å². The molecule has 0 aliphatic carbocycles. The quantitative estimate of drug-likeness (QED) is 0.623. The van der Waals surface area contributed by atoms with Crippen molar-refractivity contribution < 1.29 is 5.11 Å². The molecule has 0 saturated carbocycles. The van der Waals surface area contributed by atoms with Gasteiger partial charge < -0.3 is 20.7 Å². The van der Waals surface area contributed by atoms with Crippen molar-refractivity contribution in [2.75, 3.05) is 26.2 Å². The Balaban J connectivity index is 1.38. The van der Waals surface area contributed by atoms with Crippen LogP contribution in [0.15, 0.2) is 37.1 Å². The zero-order valence-electron chi connectivity index (χ0n) is 14.9. The van der Waals surface area contributed by atoms with E-state index in [0.717, 1.165) is 56.5 Å². The largest absolute Gasteiger partial charge is 0.388 e. The summed E-state index contributed by atoms with van der Waals surface area (Å²) < 4.78 is 1.92. The normalized spacial score (nSPS) is 17.8. The Kier molecular flexibility index (Phi) is 4.76. The summed E-state index contributed by atoms with van der Waals surface area (Å²) in [6, 6.07) is 6.36. The van der Waals surface area contributed by atoms with E-state index in [1.165, 1.54) is 10.9 Å². The van der Waals surface area contributed by atoms with Gasteiger partial charge in [0.1, 0.15) is 12.7 Å². The fourth-order valence-electron chi connectivity index (χ4n) is 3.76. The molecule has 0 amide bonds. The number of nitrogens with zero attached hydrogens (tertiary/aromatic N) is 4. The average molecular weight is 354 g/mol. The van der Waals surface area contributed by atoms with Gasteiger partial charge in [0.2, 0.25) is 0 Å². The van der Waals surface area contributed by atoms with Gasteiger partial charge in [-0.05, 0) is 56.0 Å². The minimum Gasteiger partial charge on any atom is -0.388 e. The van der Waals surface area contributed by atoms with E-state index in [-0.39, 0.29) is 0 Å². The van der Waals surface area contributed by atoms with Crippen molar-refractivity contribution in [3.8, 4) is 5.69 Å². The third-order valence-corrected chi connectivity index (χ3v) is 5.56. The monoisotopic (exact) mass is 354 g/mol. The van der Waals surface area contributed by atoms with Crippen molar-refractivity contribution in [2.45, 2.75) is 31.3 Å². The molecule has 26 heavy (non-hydrogen) atoms. The van der Waals surface area contributed by atoms with Gasteiger partial charge in [0.05, 0.1) is 5.60 Å². The maximum Gasteiger partial charge on any atom is 0.123 e. The molecule has 1 aliphatic heterocycles. The molecule has 0 bridgehead atoms. The van der Waals surface area contributed by atoms with Crippen molar-refractivity contribution in [1.29, 1.82) is 0 Å². The standard InChI is InChI=1S/C19H26N6O/c20-12-19(26)5-8-24(9-6-19)7-1-2-15-11-21-18-4-3-16(10-17(15)18)25-13-22-23-14-25/h3-4,10-11,13-14,21,26H,1-2,5-9,12,20H2. The molecule has 1 fully saturated rings. The van der Waals surface area contributed by atoms with Crippen molar-refractivity contribution >= 4 is 10.9 Å². The molecule has 4 N–H and O–H groups in total. The summed E-state index contributed by atoms with van der Waals surface area (Å²) in [6.07, 6.45) is 9.23. The lowest BCUT2D eigenvalue weighted by molar-refractivity contribution is -0.0135. The number of likely N-dealkylation sites (tertiary alicyclic amines) is 1. The van der Waals surface area contributed by atoms with Crippen molar-refractivity contribution in [2.24, 2.45) is 5.73 Å². The molecule has 0 radical (unpaired) electrons. The van der Waals surface area contributed by atoms with Gasteiger partial charge in [-0.2, -0.15) is 0 Å². The summed E-state index contributed by atoms with van der Waals surface area (Å²) in [6.45, 7) is 3.28. The molecular formula is C19H26N6O. The number of hydrogen-bond acceptors (Lipinski definition) is 5. The number of fused-ring (bicyclic) bond motifs is 1. The molecule has 138 valence electrons. The van der Waals surface area contributed by atoms with Crippen LogP contribution in [-0.2, 0) is 6.42 Å². The number of piperidine rings is 1. The molecule has 4 rings (SSSR count). The Bertz CT molecular complexity index is 848. The molecule has 1 aliphatic rings. The number of hydrogen-bond donors (Lipinski definition) is 3. The number of H-pyrrole nitrogens is 1. The smallest absolute Gasteiger partial charge is 0.123 e. The fraction of sp³-hybridized carbons (Fsp3) is 0.474. The zero-order chi connectivity index (χ0) is 18.0. The molecule has 1 aromatic carbocycles. The van der Waals surface area contributed by atoms with Gasteiger partial charge in [0, 0.05) is 42.4 Å². The highest BCUT2D eigenvalue weighted by atomic mass is 16.3. The molecular weight excluding hydrogens is 328 g/mol. The summed E-state index contributed by atoms with van der Waals surface area (Å²) in [4.78, 5) is 5.80. The highest BCUT2D eigenvalue weighted by Gasteiger charge is 2.30. The van der Waals surface area contributed by atoms with Gasteiger partial charge in [-0.25, -0.2) is 0 Å². The number of rotatable bonds is 6. The molecule has 2 aromatic heterocycles. The maximum absolute atomic E-state index is 10.2. The number of aromatic nitrogens is 4. The van der Waals surface area contributed by atoms with Crippen molar-refractivity contribution in [1.82, 2.24) is 24.6 Å². The Hall–Kier alpha value is -2.22. The molecule has 0 atom stereocenters. The fourth-order valence-corrected chi connectivity index (χ4v) is 3.76. The van der Waals surface area contributed by atoms with Crippen LogP contribution >= 0.6 is 0 Å². The predicted molar refractivity (Wildman–Crippen MR) is 101 cm³/mol. The molecule has 1 saturated heterocycles. The van der Waals surface area contributed by atoms with E-state index in [2.05, 4.69) is 44.5 Å². The SMILES string of the molecule is NCC1(O)CCN(CCCc2c[nH]c3ccc(-n4cnnc4)cc23)CC1. The zero-order valence-corrected chi connectivity index (χ0v) is 14.9. The Morgan fingerprint density at radius 3 is 2.69 bits per heavy atom. The highest BCUT2D eigenvalue weighted by Crippen LogP contribution is 2.24. The van der Waals surface area contributed by atoms with E-state index in [1.807, 2.05) is 4.57 Å². The molecule has 3 aromatic rings. The van der Waals surface area contributed by atoms with Crippen LogP contribution in [0.5, 0.6) is 0 Å². The van der Waals surface area contributed by atoms with Crippen LogP contribution in [0.1, 0.15) is 24.8 Å². The Morgan fingerprint density at radius 1 is 1.19 bits per heavy atom. The van der Waals surface area contributed by atoms with E-state index in [4.69, 9.17) is 5.73 Å². The lowest BCUT2D eigenvalue weighted by atomic mass is 9.91. The first-order valence-corrected chi connectivity index (χ1v) is 9.27. The molecule has 7 heteroatoms. The highest BCUT2D eigenvalue weighted by molar-refractivity contribution is 5.85. The van der Waals surface area contributed by atoms with E-state index in [1.54, 1.807) is 12.7 Å². The molecule has 3 heterocycles. The summed E-state index contributed by atoms with van der Waals surface area (Å²) in [5.41, 5.74) is 8.58. The van der Waals surface area contributed by atoms with Gasteiger partial charge in [0.15, 0.2) is 0 Å². The second-order valence-corrected chi connectivity index (χ2v) is 7.29. The van der Waals surface area contributed by atoms with Crippen LogP contribution in [0.2, 0.25) is 0 Å². The second kappa shape index (κ2) is 7.19. The number of nitrogens with one attached hydrogen (secondary N) is 1. The van der Waals surface area contributed by atoms with Gasteiger partial charge in [0.25, 0.3) is 0 Å². The van der Waals surface area contributed by atoms with Crippen LogP contribution in [0.25, 0.3) is 16.6 Å². The van der Waals surface area contributed by atoms with Gasteiger partial charge in [-0.1, -0.05) is 0 Å². The van der Waals surface area contributed by atoms with Gasteiger partial charge in [-0.15, -0.1) is 10.2 Å². The van der Waals surface area contributed by atoms with Crippen molar-refractivity contribution in [3.63, 3.8) is 0 Å². The van der Waals surface area contributed by atoms with Crippen molar-refractivity contribution in [3.05, 3.63) is 42.6 Å². The number of benzene rings is 1. The van der Waals surface area contributed by atoms with Gasteiger partial charge in [-0.3, -0.25) is 4.57 Å². The lowest BCUT2D eigenvalue weighted by Gasteiger charge is -2.37. The van der Waals surface area contributed by atoms with Crippen LogP contribution in [-0.4, -0.2) is 61.5 Å². The predicted octanol–water partition coefficient (Wildman–Crippen LogP) is 1.47. The Morgan fingerprint density at radius 2 is 1.96 bits per heavy atom. The summed E-state index contributed by atoms with van der Waals surface area (Å²) in [5, 5.41) is 19.2. The summed E-state index contributed by atoms with van der Waals surface area (Å²) in [5.74, 6) is 0.